The fourth-order valence-corrected chi connectivity index (χ4v) is 1.76. The summed E-state index contributed by atoms with van der Waals surface area (Å²) in [4.78, 5) is 14.5. The normalized spacial score (nSPS) is 9.95. The molecule has 0 aromatic carbocycles. The minimum Gasteiger partial charge on any atom is -0.359 e. The Morgan fingerprint density at radius 3 is 2.89 bits per heavy atom. The highest BCUT2D eigenvalue weighted by Gasteiger charge is 2.06. The van der Waals surface area contributed by atoms with Gasteiger partial charge in [0.2, 0.25) is 0 Å². The molecule has 5 nitrogen and oxygen atoms in total. The molecule has 19 heavy (non-hydrogen) atoms. The van der Waals surface area contributed by atoms with E-state index in [9.17, 15) is 0 Å². The van der Waals surface area contributed by atoms with Crippen LogP contribution in [-0.4, -0.2) is 28.5 Å². The Bertz CT molecular complexity index is 589. The van der Waals surface area contributed by atoms with Crippen molar-refractivity contribution in [3.63, 3.8) is 0 Å². The second-order valence-corrected chi connectivity index (χ2v) is 4.30. The Labute approximate surface area is 112 Å². The Morgan fingerprint density at radius 2 is 2.21 bits per heavy atom. The van der Waals surface area contributed by atoms with E-state index in [1.54, 1.807) is 19.2 Å². The van der Waals surface area contributed by atoms with Gasteiger partial charge in [-0.1, -0.05) is 6.07 Å². The number of aromatic nitrogens is 3. The number of hydrogen-bond donors (Lipinski definition) is 0. The molecule has 0 radical (unpaired) electrons. The molecule has 0 saturated carbocycles. The van der Waals surface area contributed by atoms with Crippen LogP contribution in [0.25, 0.3) is 0 Å². The number of aryl methyl sites for hydroxylation is 1. The van der Waals surface area contributed by atoms with Crippen molar-refractivity contribution in [3.05, 3.63) is 47.7 Å². The predicted octanol–water partition coefficient (Wildman–Crippen LogP) is 1.73. The molecule has 0 atom stereocenters. The first kappa shape index (κ1) is 13.0. The van der Waals surface area contributed by atoms with Crippen LogP contribution in [0.15, 0.2) is 30.6 Å². The molecule has 0 fully saturated rings. The summed E-state index contributed by atoms with van der Waals surface area (Å²) < 4.78 is 0. The molecule has 96 valence electrons. The summed E-state index contributed by atoms with van der Waals surface area (Å²) in [7, 11) is 1.96. The molecule has 0 aliphatic carbocycles. The van der Waals surface area contributed by atoms with Crippen molar-refractivity contribution in [3.8, 4) is 6.07 Å². The second kappa shape index (κ2) is 5.91. The molecule has 2 heterocycles. The van der Waals surface area contributed by atoms with Crippen LogP contribution in [0.5, 0.6) is 0 Å². The molecular weight excluding hydrogens is 238 g/mol. The quantitative estimate of drug-likeness (QED) is 0.830. The number of hydrogen-bond acceptors (Lipinski definition) is 5. The van der Waals surface area contributed by atoms with E-state index in [-0.39, 0.29) is 0 Å². The smallest absolute Gasteiger partial charge is 0.146 e. The zero-order chi connectivity index (χ0) is 13.7. The molecule has 0 spiro atoms. The van der Waals surface area contributed by atoms with Crippen molar-refractivity contribution < 1.29 is 0 Å². The number of nitrogens with zero attached hydrogens (tertiary/aromatic N) is 5. The van der Waals surface area contributed by atoms with Crippen molar-refractivity contribution in [1.82, 2.24) is 15.0 Å². The first-order valence-electron chi connectivity index (χ1n) is 6.05. The highest BCUT2D eigenvalue weighted by molar-refractivity contribution is 5.42. The average molecular weight is 253 g/mol. The van der Waals surface area contributed by atoms with Crippen molar-refractivity contribution >= 4 is 5.82 Å². The maximum atomic E-state index is 8.91. The molecular formula is C14H15N5. The predicted molar refractivity (Wildman–Crippen MR) is 72.7 cm³/mol. The van der Waals surface area contributed by atoms with Crippen LogP contribution >= 0.6 is 0 Å². The third-order valence-electron chi connectivity index (χ3n) is 2.79. The van der Waals surface area contributed by atoms with Gasteiger partial charge >= 0.3 is 0 Å². The van der Waals surface area contributed by atoms with Gasteiger partial charge in [0, 0.05) is 32.1 Å². The van der Waals surface area contributed by atoms with Gasteiger partial charge in [0.05, 0.1) is 0 Å². The van der Waals surface area contributed by atoms with E-state index < -0.39 is 0 Å². The van der Waals surface area contributed by atoms with E-state index in [1.807, 2.05) is 36.3 Å². The third kappa shape index (κ3) is 3.49. The summed E-state index contributed by atoms with van der Waals surface area (Å²) in [5.41, 5.74) is 1.58. The van der Waals surface area contributed by atoms with Crippen molar-refractivity contribution in [2.45, 2.75) is 13.3 Å². The SMILES string of the molecule is Cc1nc(C#N)cc(N(C)CCc2cccnc2)n1. The first-order chi connectivity index (χ1) is 9.19. The Kier molecular flexibility index (Phi) is 4.04. The lowest BCUT2D eigenvalue weighted by Crippen LogP contribution is -2.22. The highest BCUT2D eigenvalue weighted by atomic mass is 15.2. The van der Waals surface area contributed by atoms with Crippen LogP contribution in [0.2, 0.25) is 0 Å². The minimum absolute atomic E-state index is 0.399. The lowest BCUT2D eigenvalue weighted by atomic mass is 10.2. The van der Waals surface area contributed by atoms with Crippen molar-refractivity contribution in [1.29, 1.82) is 5.26 Å². The summed E-state index contributed by atoms with van der Waals surface area (Å²) in [6.07, 6.45) is 4.51. The standard InChI is InChI=1S/C14H15N5/c1-11-17-13(9-15)8-14(18-11)19(2)7-5-12-4-3-6-16-10-12/h3-4,6,8,10H,5,7H2,1-2H3. The lowest BCUT2D eigenvalue weighted by molar-refractivity contribution is 0.844. The average Bonchev–Trinajstić information content (AvgIpc) is 2.45. The van der Waals surface area contributed by atoms with Gasteiger partial charge in [-0.05, 0) is 25.0 Å². The molecule has 2 rings (SSSR count). The molecule has 0 N–H and O–H groups in total. The summed E-state index contributed by atoms with van der Waals surface area (Å²) in [5.74, 6) is 1.38. The summed E-state index contributed by atoms with van der Waals surface area (Å²) in [6, 6.07) is 7.73. The number of rotatable bonds is 4. The zero-order valence-corrected chi connectivity index (χ0v) is 11.0. The molecule has 0 unspecified atom stereocenters. The highest BCUT2D eigenvalue weighted by Crippen LogP contribution is 2.11. The van der Waals surface area contributed by atoms with E-state index in [0.29, 0.717) is 11.5 Å². The van der Waals surface area contributed by atoms with Crippen LogP contribution in [-0.2, 0) is 6.42 Å². The van der Waals surface area contributed by atoms with Gasteiger partial charge in [-0.25, -0.2) is 9.97 Å². The van der Waals surface area contributed by atoms with E-state index in [4.69, 9.17) is 5.26 Å². The maximum absolute atomic E-state index is 8.91. The fourth-order valence-electron chi connectivity index (χ4n) is 1.76. The first-order valence-corrected chi connectivity index (χ1v) is 6.05. The number of likely N-dealkylation sites (N-methyl/N-ethyl adjacent to an activating group) is 1. The van der Waals surface area contributed by atoms with Crippen LogP contribution in [0.1, 0.15) is 17.1 Å². The van der Waals surface area contributed by atoms with Gasteiger partial charge in [0.1, 0.15) is 23.4 Å². The largest absolute Gasteiger partial charge is 0.359 e. The van der Waals surface area contributed by atoms with Crippen LogP contribution in [0, 0.1) is 18.3 Å². The summed E-state index contributed by atoms with van der Waals surface area (Å²) >= 11 is 0. The molecule has 2 aromatic heterocycles. The van der Waals surface area contributed by atoms with Crippen molar-refractivity contribution in [2.24, 2.45) is 0 Å². The Morgan fingerprint density at radius 1 is 1.37 bits per heavy atom. The second-order valence-electron chi connectivity index (χ2n) is 4.30. The molecule has 0 saturated heterocycles. The molecule has 0 aliphatic rings. The van der Waals surface area contributed by atoms with Crippen LogP contribution in [0.4, 0.5) is 5.82 Å². The number of anilines is 1. The Balaban J connectivity index is 2.06. The van der Waals surface area contributed by atoms with Crippen molar-refractivity contribution in [2.75, 3.05) is 18.5 Å². The van der Waals surface area contributed by atoms with E-state index in [1.165, 1.54) is 5.56 Å². The summed E-state index contributed by atoms with van der Waals surface area (Å²) in [6.45, 7) is 2.60. The molecule has 0 amide bonds. The zero-order valence-electron chi connectivity index (χ0n) is 11.0. The van der Waals surface area contributed by atoms with Gasteiger partial charge in [-0.2, -0.15) is 5.26 Å². The lowest BCUT2D eigenvalue weighted by Gasteiger charge is -2.18. The fraction of sp³-hybridized carbons (Fsp3) is 0.286. The topological polar surface area (TPSA) is 65.7 Å². The number of pyridine rings is 1. The van der Waals surface area contributed by atoms with Gasteiger partial charge in [-0.15, -0.1) is 0 Å². The Hall–Kier alpha value is -2.48. The van der Waals surface area contributed by atoms with Crippen LogP contribution < -0.4 is 4.90 Å². The van der Waals surface area contributed by atoms with E-state index in [0.717, 1.165) is 18.8 Å². The molecule has 2 aromatic rings. The van der Waals surface area contributed by atoms with E-state index >= 15 is 0 Å². The maximum Gasteiger partial charge on any atom is 0.146 e. The molecule has 0 bridgehead atoms. The van der Waals surface area contributed by atoms with Gasteiger partial charge in [0.25, 0.3) is 0 Å². The third-order valence-corrected chi connectivity index (χ3v) is 2.79. The van der Waals surface area contributed by atoms with Gasteiger partial charge in [-0.3, -0.25) is 4.98 Å². The molecule has 5 heteroatoms. The minimum atomic E-state index is 0.399. The van der Waals surface area contributed by atoms with Gasteiger partial charge in [0.15, 0.2) is 0 Å². The van der Waals surface area contributed by atoms with Gasteiger partial charge < -0.3 is 4.90 Å². The summed E-state index contributed by atoms with van der Waals surface area (Å²) in [5, 5.41) is 8.91. The van der Waals surface area contributed by atoms with E-state index in [2.05, 4.69) is 15.0 Å². The number of nitriles is 1. The monoisotopic (exact) mass is 253 g/mol. The molecule has 0 aliphatic heterocycles. The van der Waals surface area contributed by atoms with Crippen LogP contribution in [0.3, 0.4) is 0 Å².